The normalized spacial score (nSPS) is 18.0. The van der Waals surface area contributed by atoms with Crippen molar-refractivity contribution in [2.75, 3.05) is 39.3 Å². The second-order valence-electron chi connectivity index (χ2n) is 15.2. The van der Waals surface area contributed by atoms with Crippen LogP contribution in [0.1, 0.15) is 74.9 Å². The Labute approximate surface area is 327 Å². The molecule has 0 bridgehead atoms. The van der Waals surface area contributed by atoms with Gasteiger partial charge < -0.3 is 33.7 Å². The number of rotatable bonds is 11. The summed E-state index contributed by atoms with van der Waals surface area (Å²) < 4.78 is 50.5. The van der Waals surface area contributed by atoms with E-state index in [1.54, 1.807) is 99.5 Å². The monoisotopic (exact) mass is 768 g/mol. The van der Waals surface area contributed by atoms with Gasteiger partial charge in [0, 0.05) is 36.5 Å². The number of esters is 1. The van der Waals surface area contributed by atoms with Gasteiger partial charge in [0.25, 0.3) is 0 Å². The molecule has 296 valence electrons. The van der Waals surface area contributed by atoms with E-state index < -0.39 is 29.0 Å². The standard InChI is InChI=1S/C44H49FN2O9/c1-43(2,3)56-42(50)47-20-19-30-22-38(54-27-34-11-7-8-21-53-34)39(25-36(30)44(47,4)26-40(48)46-31-10-9-12-32(23-31)51-5)55-33-17-18-35(37(45)24-33)28-13-15-29(16-14-28)41(49)52-6/h9-10,12-18,22-25,34H,7-8,11,19-21,26-27H2,1-6H3,(H,46,48)/t34?,44-/m1/s1. The van der Waals surface area contributed by atoms with Gasteiger partial charge in [-0.15, -0.1) is 0 Å². The number of amides is 2. The first-order valence-corrected chi connectivity index (χ1v) is 18.8. The number of benzene rings is 4. The third-order valence-corrected chi connectivity index (χ3v) is 9.91. The lowest BCUT2D eigenvalue weighted by Gasteiger charge is -2.46. The smallest absolute Gasteiger partial charge is 0.411 e. The molecule has 0 aromatic heterocycles. The first-order chi connectivity index (χ1) is 26.8. The SMILES string of the molecule is COC(=O)c1ccc(-c2ccc(Oc3cc4c(cc3OCC3CCCCO3)CCN(C(=O)OC(C)(C)C)[C@]4(C)CC(=O)Nc3cccc(OC)c3)cc2F)cc1. The van der Waals surface area contributed by atoms with Gasteiger partial charge in [-0.2, -0.15) is 0 Å². The zero-order valence-electron chi connectivity index (χ0n) is 32.7. The highest BCUT2D eigenvalue weighted by Crippen LogP contribution is 2.45. The van der Waals surface area contributed by atoms with Gasteiger partial charge >= 0.3 is 12.1 Å². The molecule has 56 heavy (non-hydrogen) atoms. The maximum Gasteiger partial charge on any atom is 0.411 e. The van der Waals surface area contributed by atoms with E-state index in [0.29, 0.717) is 52.5 Å². The molecule has 0 aliphatic carbocycles. The van der Waals surface area contributed by atoms with Gasteiger partial charge in [-0.25, -0.2) is 14.0 Å². The molecule has 2 aliphatic heterocycles. The number of carbonyl (C=O) groups excluding carboxylic acids is 3. The van der Waals surface area contributed by atoms with Crippen molar-refractivity contribution >= 4 is 23.7 Å². The predicted octanol–water partition coefficient (Wildman–Crippen LogP) is 9.07. The largest absolute Gasteiger partial charge is 0.497 e. The van der Waals surface area contributed by atoms with Crippen LogP contribution in [0.2, 0.25) is 0 Å². The summed E-state index contributed by atoms with van der Waals surface area (Å²) in [5.74, 6) is 0.127. The Bertz CT molecular complexity index is 2060. The number of anilines is 1. The Morgan fingerprint density at radius 2 is 1.73 bits per heavy atom. The molecule has 2 amide bonds. The van der Waals surface area contributed by atoms with Crippen molar-refractivity contribution in [1.29, 1.82) is 0 Å². The molecule has 4 aromatic carbocycles. The number of ether oxygens (including phenoxy) is 6. The Morgan fingerprint density at radius 3 is 2.41 bits per heavy atom. The molecule has 2 heterocycles. The summed E-state index contributed by atoms with van der Waals surface area (Å²) in [6.45, 7) is 8.45. The van der Waals surface area contributed by atoms with Crippen molar-refractivity contribution < 1.29 is 47.2 Å². The fourth-order valence-corrected chi connectivity index (χ4v) is 7.09. The van der Waals surface area contributed by atoms with E-state index in [4.69, 9.17) is 28.4 Å². The van der Waals surface area contributed by atoms with E-state index in [1.807, 2.05) is 13.0 Å². The molecule has 0 saturated carbocycles. The predicted molar refractivity (Wildman–Crippen MR) is 209 cm³/mol. The quantitative estimate of drug-likeness (QED) is 0.149. The summed E-state index contributed by atoms with van der Waals surface area (Å²) in [4.78, 5) is 41.2. The van der Waals surface area contributed by atoms with Gasteiger partial charge in [0.1, 0.15) is 29.5 Å². The van der Waals surface area contributed by atoms with Crippen LogP contribution >= 0.6 is 0 Å². The summed E-state index contributed by atoms with van der Waals surface area (Å²) in [6, 6.07) is 21.7. The third kappa shape index (κ3) is 9.42. The molecule has 1 unspecified atom stereocenters. The Morgan fingerprint density at radius 1 is 0.946 bits per heavy atom. The van der Waals surface area contributed by atoms with Crippen LogP contribution in [0.4, 0.5) is 14.9 Å². The molecule has 0 radical (unpaired) electrons. The van der Waals surface area contributed by atoms with E-state index >= 15 is 4.39 Å². The molecule has 12 heteroatoms. The minimum atomic E-state index is -1.20. The minimum Gasteiger partial charge on any atom is -0.497 e. The number of hydrogen-bond acceptors (Lipinski definition) is 9. The Balaban J connectivity index is 1.37. The van der Waals surface area contributed by atoms with E-state index in [-0.39, 0.29) is 43.1 Å². The lowest BCUT2D eigenvalue weighted by atomic mass is 9.79. The zero-order valence-corrected chi connectivity index (χ0v) is 32.7. The summed E-state index contributed by atoms with van der Waals surface area (Å²) in [7, 11) is 2.85. The molecule has 2 atom stereocenters. The van der Waals surface area contributed by atoms with Gasteiger partial charge in [-0.05, 0) is 119 Å². The summed E-state index contributed by atoms with van der Waals surface area (Å²) in [6.07, 6.45) is 2.58. The summed E-state index contributed by atoms with van der Waals surface area (Å²) in [5.41, 5.74) is 1.32. The second-order valence-corrected chi connectivity index (χ2v) is 15.2. The highest BCUT2D eigenvalue weighted by atomic mass is 19.1. The number of methoxy groups -OCH3 is 2. The van der Waals surface area contributed by atoms with Crippen LogP contribution in [0, 0.1) is 5.82 Å². The number of nitrogens with zero attached hydrogens (tertiary/aromatic N) is 1. The molecule has 4 aromatic rings. The second kappa shape index (κ2) is 17.0. The van der Waals surface area contributed by atoms with Crippen molar-refractivity contribution in [2.45, 2.75) is 77.0 Å². The highest BCUT2D eigenvalue weighted by Gasteiger charge is 2.45. The lowest BCUT2D eigenvalue weighted by molar-refractivity contribution is -0.119. The number of fused-ring (bicyclic) bond motifs is 1. The maximum absolute atomic E-state index is 15.8. The van der Waals surface area contributed by atoms with E-state index in [2.05, 4.69) is 5.32 Å². The third-order valence-electron chi connectivity index (χ3n) is 9.91. The average molecular weight is 769 g/mol. The van der Waals surface area contributed by atoms with Crippen LogP contribution in [0.25, 0.3) is 11.1 Å². The number of nitrogens with one attached hydrogen (secondary N) is 1. The molecule has 1 N–H and O–H groups in total. The van der Waals surface area contributed by atoms with Gasteiger partial charge in [-0.1, -0.05) is 18.2 Å². The van der Waals surface area contributed by atoms with Crippen LogP contribution in [-0.4, -0.2) is 68.6 Å². The molecule has 2 aliphatic rings. The van der Waals surface area contributed by atoms with Gasteiger partial charge in [0.05, 0.1) is 37.8 Å². The fraction of sp³-hybridized carbons (Fsp3) is 0.386. The van der Waals surface area contributed by atoms with Crippen molar-refractivity contribution in [3.63, 3.8) is 0 Å². The molecule has 11 nitrogen and oxygen atoms in total. The van der Waals surface area contributed by atoms with Crippen LogP contribution in [0.15, 0.2) is 78.9 Å². The van der Waals surface area contributed by atoms with Crippen LogP contribution in [0.5, 0.6) is 23.0 Å². The topological polar surface area (TPSA) is 122 Å². The first-order valence-electron chi connectivity index (χ1n) is 18.8. The zero-order chi connectivity index (χ0) is 40.0. The van der Waals surface area contributed by atoms with Crippen LogP contribution < -0.4 is 19.5 Å². The molecule has 1 saturated heterocycles. The van der Waals surface area contributed by atoms with Gasteiger partial charge in [0.2, 0.25) is 5.91 Å². The summed E-state index contributed by atoms with van der Waals surface area (Å²) in [5, 5.41) is 2.95. The molecular formula is C44H49FN2O9. The molecule has 1 fully saturated rings. The molecule has 6 rings (SSSR count). The lowest BCUT2D eigenvalue weighted by Crippen LogP contribution is -2.54. The minimum absolute atomic E-state index is 0.0943. The van der Waals surface area contributed by atoms with Crippen molar-refractivity contribution in [3.8, 4) is 34.1 Å². The molecular weight excluding hydrogens is 719 g/mol. The van der Waals surface area contributed by atoms with E-state index in [9.17, 15) is 14.4 Å². The fourth-order valence-electron chi connectivity index (χ4n) is 7.09. The highest BCUT2D eigenvalue weighted by molar-refractivity contribution is 5.92. The first kappa shape index (κ1) is 40.1. The number of halogens is 1. The number of hydrogen-bond donors (Lipinski definition) is 1. The van der Waals surface area contributed by atoms with E-state index in [1.165, 1.54) is 13.2 Å². The Hall–Kier alpha value is -5.62. The van der Waals surface area contributed by atoms with Gasteiger partial charge in [-0.3, -0.25) is 9.69 Å². The Kier molecular flexibility index (Phi) is 12.2. The maximum atomic E-state index is 15.8. The molecule has 0 spiro atoms. The van der Waals surface area contributed by atoms with E-state index in [0.717, 1.165) is 24.8 Å². The average Bonchev–Trinajstić information content (AvgIpc) is 3.17. The van der Waals surface area contributed by atoms with Crippen LogP contribution in [0.3, 0.4) is 0 Å². The van der Waals surface area contributed by atoms with Crippen molar-refractivity contribution in [2.24, 2.45) is 0 Å². The van der Waals surface area contributed by atoms with Gasteiger partial charge in [0.15, 0.2) is 11.5 Å². The van der Waals surface area contributed by atoms with Crippen molar-refractivity contribution in [1.82, 2.24) is 4.90 Å². The number of carbonyl (C=O) groups is 3. The van der Waals surface area contributed by atoms with Crippen LogP contribution in [-0.2, 0) is 31.0 Å². The summed E-state index contributed by atoms with van der Waals surface area (Å²) >= 11 is 0. The van der Waals surface area contributed by atoms with Crippen molar-refractivity contribution in [3.05, 3.63) is 101 Å².